The van der Waals surface area contributed by atoms with Gasteiger partial charge in [-0.25, -0.2) is 0 Å². The van der Waals surface area contributed by atoms with Crippen LogP contribution in [0.4, 0.5) is 17.1 Å². The maximum Gasteiger partial charge on any atom is 0.0541 e. The number of benzene rings is 10. The van der Waals surface area contributed by atoms with Gasteiger partial charge in [-0.15, -0.1) is 0 Å². The van der Waals surface area contributed by atoms with Crippen LogP contribution in [0.1, 0.15) is 0 Å². The van der Waals surface area contributed by atoms with Crippen molar-refractivity contribution in [3.8, 4) is 61.3 Å². The standard InChI is InChI=1S/C60H42N2/c1-5-15-43(16-6-1)47-25-33-52(34-26-47)61(53-35-27-48(28-36-53)44-17-7-2-8-18-44)54-37-29-49(30-38-54)55-23-13-14-24-58(55)62-59-39-31-50(45-19-9-3-10-20-45)41-56(59)57-42-51(32-40-60(57)62)46-21-11-4-12-22-46/h1-42H. The number of rotatable bonds is 9. The number of hydrogen-bond donors (Lipinski definition) is 0. The Hall–Kier alpha value is -8.20. The zero-order valence-corrected chi connectivity index (χ0v) is 34.1. The van der Waals surface area contributed by atoms with Crippen molar-refractivity contribution >= 4 is 38.9 Å². The Bertz CT molecular complexity index is 3100. The van der Waals surface area contributed by atoms with E-state index in [4.69, 9.17) is 0 Å². The predicted molar refractivity (Wildman–Crippen MR) is 263 cm³/mol. The van der Waals surface area contributed by atoms with E-state index >= 15 is 0 Å². The van der Waals surface area contributed by atoms with Crippen LogP contribution in [0.25, 0.3) is 83.1 Å². The minimum absolute atomic E-state index is 1.09. The minimum atomic E-state index is 1.09. The third-order valence-electron chi connectivity index (χ3n) is 12.0. The smallest absolute Gasteiger partial charge is 0.0541 e. The van der Waals surface area contributed by atoms with Gasteiger partial charge in [0.2, 0.25) is 0 Å². The molecule has 0 atom stereocenters. The highest BCUT2D eigenvalue weighted by Gasteiger charge is 2.19. The second kappa shape index (κ2) is 16.1. The quantitative estimate of drug-likeness (QED) is 0.141. The summed E-state index contributed by atoms with van der Waals surface area (Å²) >= 11 is 0. The van der Waals surface area contributed by atoms with Gasteiger partial charge in [-0.1, -0.05) is 188 Å². The van der Waals surface area contributed by atoms with E-state index in [1.54, 1.807) is 0 Å². The van der Waals surface area contributed by atoms with Crippen LogP contribution in [0.2, 0.25) is 0 Å². The molecule has 2 heteroatoms. The van der Waals surface area contributed by atoms with Crippen molar-refractivity contribution in [2.75, 3.05) is 4.90 Å². The van der Waals surface area contributed by atoms with Gasteiger partial charge < -0.3 is 9.47 Å². The van der Waals surface area contributed by atoms with Crippen LogP contribution in [0.3, 0.4) is 0 Å². The molecule has 0 aliphatic carbocycles. The first-order valence-corrected chi connectivity index (χ1v) is 21.3. The van der Waals surface area contributed by atoms with Crippen molar-refractivity contribution in [3.05, 3.63) is 255 Å². The van der Waals surface area contributed by atoms with E-state index < -0.39 is 0 Å². The molecule has 0 aliphatic heterocycles. The van der Waals surface area contributed by atoms with Crippen molar-refractivity contribution in [1.29, 1.82) is 0 Å². The summed E-state index contributed by atoms with van der Waals surface area (Å²) in [5.74, 6) is 0. The fourth-order valence-electron chi connectivity index (χ4n) is 8.92. The number of nitrogens with zero attached hydrogens (tertiary/aromatic N) is 2. The van der Waals surface area contributed by atoms with Crippen LogP contribution in [-0.2, 0) is 0 Å². The average molecular weight is 791 g/mol. The van der Waals surface area contributed by atoms with Gasteiger partial charge in [-0.2, -0.15) is 0 Å². The largest absolute Gasteiger partial charge is 0.311 e. The maximum atomic E-state index is 2.45. The number of hydrogen-bond acceptors (Lipinski definition) is 1. The Kier molecular flexibility index (Phi) is 9.57. The fraction of sp³-hybridized carbons (Fsp3) is 0. The number of fused-ring (bicyclic) bond motifs is 3. The molecule has 0 unspecified atom stereocenters. The molecule has 2 nitrogen and oxygen atoms in total. The van der Waals surface area contributed by atoms with Gasteiger partial charge in [-0.3, -0.25) is 0 Å². The zero-order chi connectivity index (χ0) is 41.2. The van der Waals surface area contributed by atoms with Gasteiger partial charge in [0, 0.05) is 33.4 Å². The molecule has 292 valence electrons. The summed E-state index contributed by atoms with van der Waals surface area (Å²) < 4.78 is 2.45. The SMILES string of the molecule is c1ccc(-c2ccc(N(c3ccc(-c4ccccc4)cc3)c3ccc(-c4ccccc4-n4c5ccc(-c6ccccc6)cc5c5cc(-c6ccccc6)ccc54)cc3)cc2)cc1. The molecule has 0 saturated heterocycles. The first-order valence-electron chi connectivity index (χ1n) is 21.3. The topological polar surface area (TPSA) is 8.17 Å². The molecular formula is C60H42N2. The molecule has 0 radical (unpaired) electrons. The Balaban J connectivity index is 1.02. The molecule has 0 spiro atoms. The second-order valence-corrected chi connectivity index (χ2v) is 15.8. The van der Waals surface area contributed by atoms with Gasteiger partial charge in [0.25, 0.3) is 0 Å². The summed E-state index contributed by atoms with van der Waals surface area (Å²) in [7, 11) is 0. The molecular weight excluding hydrogens is 749 g/mol. The Morgan fingerprint density at radius 2 is 0.548 bits per heavy atom. The number of anilines is 3. The van der Waals surface area contributed by atoms with Crippen LogP contribution in [0.15, 0.2) is 255 Å². The summed E-state index contributed by atoms with van der Waals surface area (Å²) in [5, 5.41) is 2.47. The lowest BCUT2D eigenvalue weighted by Gasteiger charge is -2.26. The van der Waals surface area contributed by atoms with Gasteiger partial charge in [0.1, 0.15) is 0 Å². The molecule has 11 rings (SSSR count). The van der Waals surface area contributed by atoms with Crippen LogP contribution in [0.5, 0.6) is 0 Å². The van der Waals surface area contributed by atoms with Gasteiger partial charge in [0.05, 0.1) is 16.7 Å². The molecule has 10 aromatic carbocycles. The van der Waals surface area contributed by atoms with Crippen LogP contribution >= 0.6 is 0 Å². The number of para-hydroxylation sites is 1. The predicted octanol–water partition coefficient (Wildman–Crippen LogP) is 16.6. The van der Waals surface area contributed by atoms with Gasteiger partial charge in [-0.05, 0) is 117 Å². The third kappa shape index (κ3) is 6.94. The molecule has 0 amide bonds. The summed E-state index contributed by atoms with van der Waals surface area (Å²) in [5.41, 5.74) is 18.7. The second-order valence-electron chi connectivity index (χ2n) is 15.8. The van der Waals surface area contributed by atoms with Crippen LogP contribution in [-0.4, -0.2) is 4.57 Å². The summed E-state index contributed by atoms with van der Waals surface area (Å²) in [4.78, 5) is 2.35. The molecule has 1 heterocycles. The Morgan fingerprint density at radius 3 is 0.952 bits per heavy atom. The van der Waals surface area contributed by atoms with E-state index in [2.05, 4.69) is 264 Å². The van der Waals surface area contributed by atoms with E-state index in [9.17, 15) is 0 Å². The highest BCUT2D eigenvalue weighted by atomic mass is 15.1. The molecule has 0 aliphatic rings. The van der Waals surface area contributed by atoms with Crippen LogP contribution in [0, 0.1) is 0 Å². The lowest BCUT2D eigenvalue weighted by Crippen LogP contribution is -2.09. The van der Waals surface area contributed by atoms with E-state index in [0.717, 1.165) is 28.3 Å². The molecule has 0 bridgehead atoms. The summed E-state index contributed by atoms with van der Waals surface area (Å²) in [6, 6.07) is 92.0. The van der Waals surface area contributed by atoms with Crippen molar-refractivity contribution in [1.82, 2.24) is 4.57 Å². The van der Waals surface area contributed by atoms with Crippen molar-refractivity contribution in [3.63, 3.8) is 0 Å². The first-order chi connectivity index (χ1) is 30.7. The Labute approximate surface area is 362 Å². The van der Waals surface area contributed by atoms with Crippen molar-refractivity contribution in [2.45, 2.75) is 0 Å². The highest BCUT2D eigenvalue weighted by Crippen LogP contribution is 2.42. The van der Waals surface area contributed by atoms with Crippen molar-refractivity contribution in [2.24, 2.45) is 0 Å². The normalized spacial score (nSPS) is 11.2. The van der Waals surface area contributed by atoms with Gasteiger partial charge in [0.15, 0.2) is 0 Å². The van der Waals surface area contributed by atoms with E-state index in [0.29, 0.717) is 0 Å². The Morgan fingerprint density at radius 1 is 0.242 bits per heavy atom. The molecule has 1 aromatic heterocycles. The molecule has 62 heavy (non-hydrogen) atoms. The fourth-order valence-corrected chi connectivity index (χ4v) is 8.92. The minimum Gasteiger partial charge on any atom is -0.311 e. The lowest BCUT2D eigenvalue weighted by atomic mass is 10.0. The average Bonchev–Trinajstić information content (AvgIpc) is 3.68. The highest BCUT2D eigenvalue weighted by molar-refractivity contribution is 6.12. The van der Waals surface area contributed by atoms with Crippen molar-refractivity contribution < 1.29 is 0 Å². The van der Waals surface area contributed by atoms with E-state index in [1.807, 2.05) is 0 Å². The van der Waals surface area contributed by atoms with E-state index in [1.165, 1.54) is 71.9 Å². The lowest BCUT2D eigenvalue weighted by molar-refractivity contribution is 1.18. The zero-order valence-electron chi connectivity index (χ0n) is 34.1. The molecule has 0 saturated carbocycles. The number of aromatic nitrogens is 1. The third-order valence-corrected chi connectivity index (χ3v) is 12.0. The first kappa shape index (κ1) is 36.8. The van der Waals surface area contributed by atoms with E-state index in [-0.39, 0.29) is 0 Å². The monoisotopic (exact) mass is 790 g/mol. The molecule has 0 N–H and O–H groups in total. The molecule has 11 aromatic rings. The maximum absolute atomic E-state index is 2.45. The summed E-state index contributed by atoms with van der Waals surface area (Å²) in [6.45, 7) is 0. The molecule has 0 fully saturated rings. The summed E-state index contributed by atoms with van der Waals surface area (Å²) in [6.07, 6.45) is 0. The van der Waals surface area contributed by atoms with Crippen LogP contribution < -0.4 is 4.90 Å². The van der Waals surface area contributed by atoms with Gasteiger partial charge >= 0.3 is 0 Å².